The number of aromatic hydroxyl groups is 2. The molecule has 1 atom stereocenters. The number of carbonyl (C=O) groups excluding carboxylic acids is 1. The van der Waals surface area contributed by atoms with Crippen molar-refractivity contribution in [3.05, 3.63) is 53.1 Å². The quantitative estimate of drug-likeness (QED) is 0.822. The van der Waals surface area contributed by atoms with Gasteiger partial charge in [-0.2, -0.15) is 0 Å². The maximum Gasteiger partial charge on any atom is 0.174 e. The van der Waals surface area contributed by atoms with E-state index in [1.54, 1.807) is 36.4 Å². The average molecular weight is 338 g/mol. The number of Topliss-reactive ketones (excluding diaryl/α,β-unsaturated/α-hetero) is 1. The summed E-state index contributed by atoms with van der Waals surface area (Å²) in [4.78, 5) is 12.6. The van der Waals surface area contributed by atoms with Crippen molar-refractivity contribution >= 4 is 11.9 Å². The van der Waals surface area contributed by atoms with E-state index in [9.17, 15) is 15.0 Å². The first kappa shape index (κ1) is 15.6. The van der Waals surface area contributed by atoms with Crippen LogP contribution in [0.4, 0.5) is 0 Å². The lowest BCUT2D eigenvalue weighted by Crippen LogP contribution is -2.28. The number of benzene rings is 2. The van der Waals surface area contributed by atoms with Gasteiger partial charge < -0.3 is 19.7 Å². The zero-order chi connectivity index (χ0) is 17.8. The number of phenols is 2. The lowest BCUT2D eigenvalue weighted by atomic mass is 9.92. The Hall–Kier alpha value is -2.95. The van der Waals surface area contributed by atoms with Crippen LogP contribution < -0.4 is 9.47 Å². The lowest BCUT2D eigenvalue weighted by molar-refractivity contribution is 0.0842. The maximum absolute atomic E-state index is 12.6. The molecule has 0 saturated heterocycles. The summed E-state index contributed by atoms with van der Waals surface area (Å²) in [7, 11) is 0. The van der Waals surface area contributed by atoms with Gasteiger partial charge in [0.05, 0.1) is 12.0 Å². The molecule has 0 aromatic heterocycles. The van der Waals surface area contributed by atoms with Gasteiger partial charge in [-0.15, -0.1) is 0 Å². The SMILES string of the molecule is CC1(C)C=Cc2c(cc3c(c2O)C(=O)CC(c2ccc(O)cc2)O3)O1. The van der Waals surface area contributed by atoms with E-state index in [1.165, 1.54) is 0 Å². The van der Waals surface area contributed by atoms with E-state index in [1.807, 2.05) is 19.9 Å². The summed E-state index contributed by atoms with van der Waals surface area (Å²) >= 11 is 0. The third-order valence-electron chi connectivity index (χ3n) is 4.47. The van der Waals surface area contributed by atoms with Crippen LogP contribution >= 0.6 is 0 Å². The molecule has 2 N–H and O–H groups in total. The summed E-state index contributed by atoms with van der Waals surface area (Å²) in [5.41, 5.74) is 0.984. The molecule has 128 valence electrons. The highest BCUT2D eigenvalue weighted by Gasteiger charge is 2.34. The summed E-state index contributed by atoms with van der Waals surface area (Å²) in [6.45, 7) is 3.82. The number of fused-ring (bicyclic) bond motifs is 2. The second kappa shape index (κ2) is 5.28. The standard InChI is InChI=1S/C20H18O5/c1-20(2)8-7-13-16(25-20)10-17-18(19(13)23)14(22)9-15(24-17)11-3-5-12(21)6-4-11/h3-8,10,15,21,23H,9H2,1-2H3. The van der Waals surface area contributed by atoms with Crippen LogP contribution in [-0.2, 0) is 0 Å². The third kappa shape index (κ3) is 2.61. The molecule has 0 spiro atoms. The Bertz CT molecular complexity index is 893. The molecule has 0 radical (unpaired) electrons. The Morgan fingerprint density at radius 3 is 2.56 bits per heavy atom. The summed E-state index contributed by atoms with van der Waals surface area (Å²) < 4.78 is 11.9. The molecule has 2 aromatic rings. The van der Waals surface area contributed by atoms with Gasteiger partial charge in [-0.25, -0.2) is 0 Å². The van der Waals surface area contributed by atoms with Gasteiger partial charge in [-0.05, 0) is 43.7 Å². The average Bonchev–Trinajstić information content (AvgIpc) is 2.53. The molecule has 5 nitrogen and oxygen atoms in total. The Labute approximate surface area is 145 Å². The number of ether oxygens (including phenoxy) is 2. The van der Waals surface area contributed by atoms with Gasteiger partial charge in [0.1, 0.15) is 40.3 Å². The van der Waals surface area contributed by atoms with E-state index in [0.717, 1.165) is 5.56 Å². The van der Waals surface area contributed by atoms with Crippen LogP contribution in [-0.4, -0.2) is 21.6 Å². The molecule has 0 saturated carbocycles. The highest BCUT2D eigenvalue weighted by atomic mass is 16.5. The summed E-state index contributed by atoms with van der Waals surface area (Å²) in [5.74, 6) is 0.672. The highest BCUT2D eigenvalue weighted by molar-refractivity contribution is 6.04. The number of hydrogen-bond donors (Lipinski definition) is 2. The van der Waals surface area contributed by atoms with Crippen molar-refractivity contribution in [1.29, 1.82) is 0 Å². The molecular formula is C20H18O5. The summed E-state index contributed by atoms with van der Waals surface area (Å²) in [5, 5.41) is 20.0. The zero-order valence-electron chi connectivity index (χ0n) is 13.9. The first-order chi connectivity index (χ1) is 11.8. The van der Waals surface area contributed by atoms with Crippen LogP contribution in [0.3, 0.4) is 0 Å². The fraction of sp³-hybridized carbons (Fsp3) is 0.250. The van der Waals surface area contributed by atoms with Crippen molar-refractivity contribution in [3.8, 4) is 23.0 Å². The van der Waals surface area contributed by atoms with Crippen LogP contribution in [0.25, 0.3) is 6.08 Å². The van der Waals surface area contributed by atoms with Crippen LogP contribution in [0.1, 0.15) is 47.9 Å². The Morgan fingerprint density at radius 1 is 1.12 bits per heavy atom. The highest BCUT2D eigenvalue weighted by Crippen LogP contribution is 2.47. The molecule has 2 aliphatic rings. The van der Waals surface area contributed by atoms with Crippen molar-refractivity contribution in [2.45, 2.75) is 32.0 Å². The molecule has 0 bridgehead atoms. The lowest BCUT2D eigenvalue weighted by Gasteiger charge is -2.31. The maximum atomic E-state index is 12.6. The normalized spacial score (nSPS) is 20.2. The minimum Gasteiger partial charge on any atom is -0.508 e. The fourth-order valence-corrected chi connectivity index (χ4v) is 3.19. The van der Waals surface area contributed by atoms with Gasteiger partial charge in [0, 0.05) is 6.07 Å². The van der Waals surface area contributed by atoms with Crippen molar-refractivity contribution < 1.29 is 24.5 Å². The van der Waals surface area contributed by atoms with E-state index in [2.05, 4.69) is 0 Å². The van der Waals surface area contributed by atoms with Crippen molar-refractivity contribution in [2.75, 3.05) is 0 Å². The van der Waals surface area contributed by atoms with Crippen molar-refractivity contribution in [1.82, 2.24) is 0 Å². The van der Waals surface area contributed by atoms with Crippen molar-refractivity contribution in [2.24, 2.45) is 0 Å². The molecule has 2 aromatic carbocycles. The zero-order valence-corrected chi connectivity index (χ0v) is 13.9. The second-order valence-electron chi connectivity index (χ2n) is 6.87. The molecule has 0 aliphatic carbocycles. The minimum absolute atomic E-state index is 0.103. The summed E-state index contributed by atoms with van der Waals surface area (Å²) in [6.07, 6.45) is 3.27. The molecule has 0 amide bonds. The van der Waals surface area contributed by atoms with Crippen LogP contribution in [0.2, 0.25) is 0 Å². The Morgan fingerprint density at radius 2 is 1.84 bits per heavy atom. The van der Waals surface area contributed by atoms with E-state index in [0.29, 0.717) is 17.1 Å². The number of rotatable bonds is 1. The van der Waals surface area contributed by atoms with Gasteiger partial charge in [0.2, 0.25) is 0 Å². The van der Waals surface area contributed by atoms with E-state index >= 15 is 0 Å². The Balaban J connectivity index is 1.77. The molecule has 5 heteroatoms. The van der Waals surface area contributed by atoms with Crippen LogP contribution in [0.5, 0.6) is 23.0 Å². The Kier molecular flexibility index (Phi) is 3.29. The van der Waals surface area contributed by atoms with Crippen molar-refractivity contribution in [3.63, 3.8) is 0 Å². The van der Waals surface area contributed by atoms with Crippen LogP contribution in [0, 0.1) is 0 Å². The molecule has 4 rings (SSSR count). The van der Waals surface area contributed by atoms with E-state index in [4.69, 9.17) is 9.47 Å². The van der Waals surface area contributed by atoms with E-state index in [-0.39, 0.29) is 29.3 Å². The second-order valence-corrected chi connectivity index (χ2v) is 6.87. The molecule has 0 fully saturated rings. The summed E-state index contributed by atoms with van der Waals surface area (Å²) in [6, 6.07) is 8.22. The van der Waals surface area contributed by atoms with Gasteiger partial charge in [0.25, 0.3) is 0 Å². The molecule has 2 aliphatic heterocycles. The van der Waals surface area contributed by atoms with E-state index < -0.39 is 11.7 Å². The smallest absolute Gasteiger partial charge is 0.174 e. The molecule has 2 heterocycles. The number of hydrogen-bond acceptors (Lipinski definition) is 5. The number of ketones is 1. The number of carbonyl (C=O) groups is 1. The monoisotopic (exact) mass is 338 g/mol. The molecule has 25 heavy (non-hydrogen) atoms. The minimum atomic E-state index is -0.497. The third-order valence-corrected chi connectivity index (χ3v) is 4.47. The first-order valence-corrected chi connectivity index (χ1v) is 8.11. The van der Waals surface area contributed by atoms with Gasteiger partial charge in [-0.1, -0.05) is 12.1 Å². The first-order valence-electron chi connectivity index (χ1n) is 8.11. The van der Waals surface area contributed by atoms with Crippen LogP contribution in [0.15, 0.2) is 36.4 Å². The van der Waals surface area contributed by atoms with Gasteiger partial charge in [-0.3, -0.25) is 4.79 Å². The predicted molar refractivity (Wildman–Crippen MR) is 92.3 cm³/mol. The largest absolute Gasteiger partial charge is 0.508 e. The predicted octanol–water partition coefficient (Wildman–Crippen LogP) is 3.99. The molecule has 1 unspecified atom stereocenters. The fourth-order valence-electron chi connectivity index (χ4n) is 3.19. The van der Waals surface area contributed by atoms with Gasteiger partial charge in [0.15, 0.2) is 5.78 Å². The molecular weight excluding hydrogens is 320 g/mol. The number of phenolic OH excluding ortho intramolecular Hbond substituents is 2. The topological polar surface area (TPSA) is 76.0 Å². The van der Waals surface area contributed by atoms with Gasteiger partial charge >= 0.3 is 0 Å².